The predicted octanol–water partition coefficient (Wildman–Crippen LogP) is 3.02. The zero-order valence-corrected chi connectivity index (χ0v) is 11.8. The Labute approximate surface area is 127 Å². The SMILES string of the molecule is O=C(c1ccc([N+](=O)[O-])cc1)N1CCCOc2ccccc21. The van der Waals surface area contributed by atoms with Crippen molar-refractivity contribution in [1.29, 1.82) is 0 Å². The van der Waals surface area contributed by atoms with E-state index in [2.05, 4.69) is 0 Å². The average Bonchev–Trinajstić information content (AvgIpc) is 2.76. The van der Waals surface area contributed by atoms with Crippen LogP contribution >= 0.6 is 0 Å². The quantitative estimate of drug-likeness (QED) is 0.631. The molecule has 0 saturated carbocycles. The summed E-state index contributed by atoms with van der Waals surface area (Å²) < 4.78 is 5.63. The fourth-order valence-electron chi connectivity index (χ4n) is 2.42. The van der Waals surface area contributed by atoms with Crippen molar-refractivity contribution in [2.45, 2.75) is 6.42 Å². The van der Waals surface area contributed by atoms with Gasteiger partial charge in [0.15, 0.2) is 0 Å². The van der Waals surface area contributed by atoms with Gasteiger partial charge in [-0.05, 0) is 30.7 Å². The average molecular weight is 298 g/mol. The van der Waals surface area contributed by atoms with E-state index in [1.54, 1.807) is 4.90 Å². The van der Waals surface area contributed by atoms with Crippen LogP contribution < -0.4 is 9.64 Å². The highest BCUT2D eigenvalue weighted by Crippen LogP contribution is 2.31. The number of nitrogens with zero attached hydrogens (tertiary/aromatic N) is 2. The van der Waals surface area contributed by atoms with Crippen LogP contribution in [0.4, 0.5) is 11.4 Å². The second-order valence-electron chi connectivity index (χ2n) is 4.93. The third-order valence-corrected chi connectivity index (χ3v) is 3.51. The standard InChI is InChI=1S/C16H14N2O4/c19-16(12-6-8-13(9-7-12)18(20)21)17-10-3-11-22-15-5-2-1-4-14(15)17/h1-2,4-9H,3,10-11H2. The van der Waals surface area contributed by atoms with Gasteiger partial charge in [0.1, 0.15) is 5.75 Å². The largest absolute Gasteiger partial charge is 0.491 e. The topological polar surface area (TPSA) is 72.7 Å². The van der Waals surface area contributed by atoms with Crippen LogP contribution in [0.15, 0.2) is 48.5 Å². The van der Waals surface area contributed by atoms with Gasteiger partial charge in [-0.2, -0.15) is 0 Å². The second kappa shape index (κ2) is 5.85. The first kappa shape index (κ1) is 14.1. The Morgan fingerprint density at radius 2 is 1.86 bits per heavy atom. The van der Waals surface area contributed by atoms with Crippen LogP contribution in [0.5, 0.6) is 5.75 Å². The second-order valence-corrected chi connectivity index (χ2v) is 4.93. The van der Waals surface area contributed by atoms with E-state index in [4.69, 9.17) is 4.74 Å². The van der Waals surface area contributed by atoms with E-state index < -0.39 is 4.92 Å². The van der Waals surface area contributed by atoms with E-state index in [0.29, 0.717) is 24.5 Å². The van der Waals surface area contributed by atoms with Gasteiger partial charge in [-0.25, -0.2) is 0 Å². The van der Waals surface area contributed by atoms with E-state index in [-0.39, 0.29) is 11.6 Å². The molecule has 3 rings (SSSR count). The molecule has 1 amide bonds. The van der Waals surface area contributed by atoms with Crippen molar-refractivity contribution in [3.63, 3.8) is 0 Å². The molecule has 0 saturated heterocycles. The van der Waals surface area contributed by atoms with Gasteiger partial charge in [0, 0.05) is 24.2 Å². The molecule has 22 heavy (non-hydrogen) atoms. The van der Waals surface area contributed by atoms with Crippen molar-refractivity contribution >= 4 is 17.3 Å². The Kier molecular flexibility index (Phi) is 3.74. The van der Waals surface area contributed by atoms with Crippen LogP contribution in [0.3, 0.4) is 0 Å². The van der Waals surface area contributed by atoms with Gasteiger partial charge < -0.3 is 9.64 Å². The maximum Gasteiger partial charge on any atom is 0.269 e. The molecule has 2 aromatic carbocycles. The molecule has 6 nitrogen and oxygen atoms in total. The van der Waals surface area contributed by atoms with Crippen LogP contribution in [-0.2, 0) is 0 Å². The Morgan fingerprint density at radius 1 is 1.14 bits per heavy atom. The summed E-state index contributed by atoms with van der Waals surface area (Å²) in [6.07, 6.45) is 0.730. The van der Waals surface area contributed by atoms with Crippen molar-refractivity contribution in [2.24, 2.45) is 0 Å². The molecular weight excluding hydrogens is 284 g/mol. The summed E-state index contributed by atoms with van der Waals surface area (Å²) in [6.45, 7) is 1.11. The highest BCUT2D eigenvalue weighted by molar-refractivity contribution is 6.07. The molecule has 0 radical (unpaired) electrons. The lowest BCUT2D eigenvalue weighted by molar-refractivity contribution is -0.384. The summed E-state index contributed by atoms with van der Waals surface area (Å²) in [6, 6.07) is 13.0. The number of non-ortho nitro benzene ring substituents is 1. The summed E-state index contributed by atoms with van der Waals surface area (Å²) in [5, 5.41) is 10.7. The molecule has 0 atom stereocenters. The number of para-hydroxylation sites is 2. The third kappa shape index (κ3) is 2.63. The van der Waals surface area contributed by atoms with E-state index in [0.717, 1.165) is 12.1 Å². The number of anilines is 1. The predicted molar refractivity (Wildman–Crippen MR) is 81.3 cm³/mol. The molecule has 0 aliphatic carbocycles. The van der Waals surface area contributed by atoms with Gasteiger partial charge in [0.2, 0.25) is 0 Å². The summed E-state index contributed by atoms with van der Waals surface area (Å²) in [4.78, 5) is 24.6. The molecule has 1 aliphatic rings. The Hall–Kier alpha value is -2.89. The maximum absolute atomic E-state index is 12.7. The monoisotopic (exact) mass is 298 g/mol. The van der Waals surface area contributed by atoms with Gasteiger partial charge in [-0.1, -0.05) is 12.1 Å². The summed E-state index contributed by atoms with van der Waals surface area (Å²) >= 11 is 0. The molecule has 1 aliphatic heterocycles. The van der Waals surface area contributed by atoms with E-state index >= 15 is 0 Å². The minimum atomic E-state index is -0.483. The molecule has 1 heterocycles. The molecular formula is C16H14N2O4. The lowest BCUT2D eigenvalue weighted by Gasteiger charge is -2.21. The highest BCUT2D eigenvalue weighted by Gasteiger charge is 2.23. The zero-order valence-electron chi connectivity index (χ0n) is 11.8. The molecule has 0 spiro atoms. The number of hydrogen-bond donors (Lipinski definition) is 0. The van der Waals surface area contributed by atoms with Crippen LogP contribution in [0.2, 0.25) is 0 Å². The molecule has 0 aromatic heterocycles. The zero-order chi connectivity index (χ0) is 15.5. The van der Waals surface area contributed by atoms with Crippen molar-refractivity contribution in [3.05, 3.63) is 64.2 Å². The van der Waals surface area contributed by atoms with Crippen LogP contribution in [0.1, 0.15) is 16.8 Å². The molecule has 0 N–H and O–H groups in total. The fraction of sp³-hybridized carbons (Fsp3) is 0.188. The number of carbonyl (C=O) groups excluding carboxylic acids is 1. The normalized spacial score (nSPS) is 13.7. The van der Waals surface area contributed by atoms with Gasteiger partial charge in [0.05, 0.1) is 17.2 Å². The van der Waals surface area contributed by atoms with Crippen LogP contribution in [-0.4, -0.2) is 24.0 Å². The Balaban J connectivity index is 1.93. The van der Waals surface area contributed by atoms with Crippen molar-refractivity contribution in [2.75, 3.05) is 18.1 Å². The number of rotatable bonds is 2. The van der Waals surface area contributed by atoms with Gasteiger partial charge in [0.25, 0.3) is 11.6 Å². The first-order valence-corrected chi connectivity index (χ1v) is 6.95. The Bertz CT molecular complexity index is 712. The van der Waals surface area contributed by atoms with E-state index in [9.17, 15) is 14.9 Å². The van der Waals surface area contributed by atoms with E-state index in [1.165, 1.54) is 24.3 Å². The summed E-state index contributed by atoms with van der Waals surface area (Å²) in [5.41, 5.74) is 1.11. The number of benzene rings is 2. The summed E-state index contributed by atoms with van der Waals surface area (Å²) in [5.74, 6) is 0.489. The van der Waals surface area contributed by atoms with Crippen molar-refractivity contribution in [3.8, 4) is 5.75 Å². The van der Waals surface area contributed by atoms with Crippen LogP contribution in [0.25, 0.3) is 0 Å². The molecule has 0 fully saturated rings. The molecule has 0 bridgehead atoms. The molecule has 2 aromatic rings. The van der Waals surface area contributed by atoms with Crippen molar-refractivity contribution in [1.82, 2.24) is 0 Å². The number of nitro groups is 1. The minimum absolute atomic E-state index is 0.0313. The smallest absolute Gasteiger partial charge is 0.269 e. The molecule has 6 heteroatoms. The number of nitro benzene ring substituents is 1. The first-order chi connectivity index (χ1) is 10.7. The highest BCUT2D eigenvalue weighted by atomic mass is 16.6. The molecule has 112 valence electrons. The van der Waals surface area contributed by atoms with Gasteiger partial charge in [-0.15, -0.1) is 0 Å². The minimum Gasteiger partial charge on any atom is -0.491 e. The van der Waals surface area contributed by atoms with Gasteiger partial charge >= 0.3 is 0 Å². The lowest BCUT2D eigenvalue weighted by Crippen LogP contribution is -2.31. The van der Waals surface area contributed by atoms with Crippen LogP contribution in [0, 0.1) is 10.1 Å². The number of carbonyl (C=O) groups is 1. The lowest BCUT2D eigenvalue weighted by atomic mass is 10.1. The van der Waals surface area contributed by atoms with E-state index in [1.807, 2.05) is 24.3 Å². The fourth-order valence-corrected chi connectivity index (χ4v) is 2.42. The number of fused-ring (bicyclic) bond motifs is 1. The van der Waals surface area contributed by atoms with Gasteiger partial charge in [-0.3, -0.25) is 14.9 Å². The third-order valence-electron chi connectivity index (χ3n) is 3.51. The maximum atomic E-state index is 12.7. The number of hydrogen-bond acceptors (Lipinski definition) is 4. The van der Waals surface area contributed by atoms with Crippen molar-refractivity contribution < 1.29 is 14.5 Å². The number of ether oxygens (including phenoxy) is 1. The first-order valence-electron chi connectivity index (χ1n) is 6.95. The molecule has 0 unspecified atom stereocenters. The Morgan fingerprint density at radius 3 is 2.59 bits per heavy atom. The summed E-state index contributed by atoms with van der Waals surface area (Å²) in [7, 11) is 0. The number of amides is 1.